The van der Waals surface area contributed by atoms with Crippen LogP contribution in [-0.2, 0) is 0 Å². The van der Waals surface area contributed by atoms with Crippen molar-refractivity contribution in [1.29, 1.82) is 0 Å². The summed E-state index contributed by atoms with van der Waals surface area (Å²) < 4.78 is 0. The number of likely N-dealkylation sites (tertiary alicyclic amines) is 1. The van der Waals surface area contributed by atoms with E-state index in [0.29, 0.717) is 5.92 Å². The van der Waals surface area contributed by atoms with Crippen LogP contribution in [0.4, 0.5) is 0 Å². The van der Waals surface area contributed by atoms with Crippen molar-refractivity contribution in [2.24, 2.45) is 10.9 Å². The fourth-order valence-corrected chi connectivity index (χ4v) is 3.71. The van der Waals surface area contributed by atoms with Gasteiger partial charge in [0.05, 0.1) is 0 Å². The molecule has 0 N–H and O–H groups in total. The van der Waals surface area contributed by atoms with Crippen LogP contribution in [0.5, 0.6) is 0 Å². The summed E-state index contributed by atoms with van der Waals surface area (Å²) in [6, 6.07) is 6.80. The summed E-state index contributed by atoms with van der Waals surface area (Å²) in [7, 11) is 0. The lowest BCUT2D eigenvalue weighted by Crippen LogP contribution is -2.37. The number of aryl methyl sites for hydroxylation is 2. The molecule has 0 aromatic heterocycles. The van der Waals surface area contributed by atoms with E-state index in [2.05, 4.69) is 64.6 Å². The Morgan fingerprint density at radius 1 is 1.12 bits per heavy atom. The van der Waals surface area contributed by atoms with Gasteiger partial charge in [0.15, 0.2) is 0 Å². The monoisotopic (exact) mass is 340 g/mol. The van der Waals surface area contributed by atoms with Crippen molar-refractivity contribution in [2.45, 2.75) is 60.8 Å². The van der Waals surface area contributed by atoms with Gasteiger partial charge in [-0.15, -0.1) is 0 Å². The molecule has 2 nitrogen and oxygen atoms in total. The van der Waals surface area contributed by atoms with Crippen molar-refractivity contribution >= 4 is 5.71 Å². The largest absolute Gasteiger partial charge is 0.303 e. The quantitative estimate of drug-likeness (QED) is 0.488. The Bertz CT molecular complexity index is 627. The van der Waals surface area contributed by atoms with Gasteiger partial charge in [0.25, 0.3) is 0 Å². The van der Waals surface area contributed by atoms with Gasteiger partial charge in [-0.25, -0.2) is 0 Å². The zero-order chi connectivity index (χ0) is 18.4. The Morgan fingerprint density at radius 2 is 1.80 bits per heavy atom. The average molecular weight is 341 g/mol. The zero-order valence-corrected chi connectivity index (χ0v) is 17.2. The van der Waals surface area contributed by atoms with E-state index in [4.69, 9.17) is 4.99 Å². The van der Waals surface area contributed by atoms with Crippen LogP contribution in [0.1, 0.15) is 63.6 Å². The van der Waals surface area contributed by atoms with E-state index < -0.39 is 0 Å². The summed E-state index contributed by atoms with van der Waals surface area (Å²) in [5.74, 6) is 0.613. The van der Waals surface area contributed by atoms with Crippen LogP contribution in [0.25, 0.3) is 0 Å². The lowest BCUT2D eigenvalue weighted by molar-refractivity contribution is 0.211. The maximum absolute atomic E-state index is 4.92. The molecule has 1 aromatic rings. The summed E-state index contributed by atoms with van der Waals surface area (Å²) in [6.45, 7) is 17.7. The molecule has 1 aliphatic rings. The lowest BCUT2D eigenvalue weighted by Gasteiger charge is -2.33. The predicted molar refractivity (Wildman–Crippen MR) is 111 cm³/mol. The summed E-state index contributed by atoms with van der Waals surface area (Å²) in [6.07, 6.45) is 3.68. The normalized spacial score (nSPS) is 17.0. The first-order valence-corrected chi connectivity index (χ1v) is 9.89. The molecular formula is C23H36N2. The fourth-order valence-electron chi connectivity index (χ4n) is 3.71. The first-order valence-electron chi connectivity index (χ1n) is 9.89. The second-order valence-electron chi connectivity index (χ2n) is 7.82. The highest BCUT2D eigenvalue weighted by Gasteiger charge is 2.24. The minimum Gasteiger partial charge on any atom is -0.303 e. The molecule has 2 heteroatoms. The van der Waals surface area contributed by atoms with Crippen LogP contribution in [-0.4, -0.2) is 36.8 Å². The van der Waals surface area contributed by atoms with Gasteiger partial charge in [0.2, 0.25) is 0 Å². The molecule has 1 aromatic carbocycles. The highest BCUT2D eigenvalue weighted by molar-refractivity contribution is 6.03. The number of benzene rings is 1. The summed E-state index contributed by atoms with van der Waals surface area (Å²) in [4.78, 5) is 7.56. The van der Waals surface area contributed by atoms with Crippen molar-refractivity contribution in [3.05, 3.63) is 46.0 Å². The van der Waals surface area contributed by atoms with Gasteiger partial charge in [-0.1, -0.05) is 34.9 Å². The Hall–Kier alpha value is -1.41. The molecule has 2 rings (SSSR count). The van der Waals surface area contributed by atoms with Gasteiger partial charge in [-0.2, -0.15) is 0 Å². The van der Waals surface area contributed by atoms with E-state index in [1.165, 1.54) is 66.9 Å². The van der Waals surface area contributed by atoms with Crippen LogP contribution in [0, 0.1) is 19.8 Å². The van der Waals surface area contributed by atoms with Crippen molar-refractivity contribution in [2.75, 3.05) is 26.2 Å². The molecule has 1 heterocycles. The SMILES string of the molecule is CCN=C(c1ccc(C)cc1C)C1CCN(CCC(C)=C(C)C)CC1. The number of aliphatic imine (C=N–C) groups is 1. The third kappa shape index (κ3) is 5.54. The number of hydrogen-bond acceptors (Lipinski definition) is 2. The maximum Gasteiger partial charge on any atom is 0.0454 e. The molecule has 1 saturated heterocycles. The summed E-state index contributed by atoms with van der Waals surface area (Å²) in [5, 5.41) is 0. The van der Waals surface area contributed by atoms with Gasteiger partial charge >= 0.3 is 0 Å². The van der Waals surface area contributed by atoms with E-state index >= 15 is 0 Å². The molecule has 0 unspecified atom stereocenters. The Labute approximate surface area is 155 Å². The average Bonchev–Trinajstić information content (AvgIpc) is 2.58. The molecule has 1 fully saturated rings. The molecule has 25 heavy (non-hydrogen) atoms. The van der Waals surface area contributed by atoms with E-state index in [-0.39, 0.29) is 0 Å². The minimum atomic E-state index is 0.613. The molecule has 1 aliphatic heterocycles. The molecule has 0 saturated carbocycles. The Kier molecular flexibility index (Phi) is 7.43. The van der Waals surface area contributed by atoms with Crippen LogP contribution in [0.2, 0.25) is 0 Å². The second kappa shape index (κ2) is 9.33. The summed E-state index contributed by atoms with van der Waals surface area (Å²) in [5.41, 5.74) is 8.44. The highest BCUT2D eigenvalue weighted by atomic mass is 15.1. The number of piperidine rings is 1. The lowest BCUT2D eigenvalue weighted by atomic mass is 9.86. The van der Waals surface area contributed by atoms with Crippen molar-refractivity contribution < 1.29 is 0 Å². The van der Waals surface area contributed by atoms with Gasteiger partial charge < -0.3 is 4.90 Å². The molecule has 0 bridgehead atoms. The second-order valence-corrected chi connectivity index (χ2v) is 7.82. The van der Waals surface area contributed by atoms with Crippen LogP contribution < -0.4 is 0 Å². The first-order chi connectivity index (χ1) is 11.9. The third-order valence-corrected chi connectivity index (χ3v) is 5.62. The topological polar surface area (TPSA) is 15.6 Å². The molecule has 0 radical (unpaired) electrons. The van der Waals surface area contributed by atoms with Gasteiger partial charge in [-0.05, 0) is 85.0 Å². The number of hydrogen-bond donors (Lipinski definition) is 0. The molecule has 138 valence electrons. The van der Waals surface area contributed by atoms with Crippen LogP contribution >= 0.6 is 0 Å². The van der Waals surface area contributed by atoms with Gasteiger partial charge in [0, 0.05) is 24.7 Å². The summed E-state index contributed by atoms with van der Waals surface area (Å²) >= 11 is 0. The minimum absolute atomic E-state index is 0.613. The zero-order valence-electron chi connectivity index (χ0n) is 17.2. The van der Waals surface area contributed by atoms with E-state index in [1.54, 1.807) is 5.57 Å². The van der Waals surface area contributed by atoms with Gasteiger partial charge in [-0.3, -0.25) is 4.99 Å². The maximum atomic E-state index is 4.92. The van der Waals surface area contributed by atoms with E-state index in [9.17, 15) is 0 Å². The Balaban J connectivity index is 2.01. The van der Waals surface area contributed by atoms with Crippen LogP contribution in [0.15, 0.2) is 34.3 Å². The number of nitrogens with zero attached hydrogens (tertiary/aromatic N) is 2. The molecule has 0 spiro atoms. The van der Waals surface area contributed by atoms with Crippen molar-refractivity contribution in [1.82, 2.24) is 4.90 Å². The van der Waals surface area contributed by atoms with E-state index in [0.717, 1.165) is 6.54 Å². The number of rotatable bonds is 6. The molecule has 0 amide bonds. The predicted octanol–water partition coefficient (Wildman–Crippen LogP) is 5.57. The molecular weight excluding hydrogens is 304 g/mol. The third-order valence-electron chi connectivity index (χ3n) is 5.62. The van der Waals surface area contributed by atoms with Crippen LogP contribution in [0.3, 0.4) is 0 Å². The van der Waals surface area contributed by atoms with Crippen molar-refractivity contribution in [3.63, 3.8) is 0 Å². The smallest absolute Gasteiger partial charge is 0.0454 e. The molecule has 0 atom stereocenters. The molecule has 0 aliphatic carbocycles. The van der Waals surface area contributed by atoms with E-state index in [1.807, 2.05) is 0 Å². The Morgan fingerprint density at radius 3 is 2.36 bits per heavy atom. The fraction of sp³-hybridized carbons (Fsp3) is 0.609. The van der Waals surface area contributed by atoms with Crippen molar-refractivity contribution in [3.8, 4) is 0 Å². The highest BCUT2D eigenvalue weighted by Crippen LogP contribution is 2.25. The standard InChI is InChI=1S/C23H36N2/c1-7-24-23(22-9-8-18(4)16-20(22)6)21-11-14-25(15-12-21)13-10-19(5)17(2)3/h8-9,16,21H,7,10-15H2,1-6H3. The van der Waals surface area contributed by atoms with Gasteiger partial charge in [0.1, 0.15) is 0 Å². The first kappa shape index (κ1) is 19.9. The number of allylic oxidation sites excluding steroid dienone is 1.